The first-order valence-electron chi connectivity index (χ1n) is 9.19. The third-order valence-corrected chi connectivity index (χ3v) is 6.39. The molecule has 0 bridgehead atoms. The summed E-state index contributed by atoms with van der Waals surface area (Å²) in [5, 5.41) is 5.62. The summed E-state index contributed by atoms with van der Waals surface area (Å²) >= 11 is 0. The molecule has 0 aromatic heterocycles. The van der Waals surface area contributed by atoms with Gasteiger partial charge in [0.15, 0.2) is 0 Å². The van der Waals surface area contributed by atoms with Crippen LogP contribution in [0.25, 0.3) is 0 Å². The molecule has 3 N–H and O–H groups in total. The van der Waals surface area contributed by atoms with Gasteiger partial charge in [-0.3, -0.25) is 0 Å². The van der Waals surface area contributed by atoms with Gasteiger partial charge in [-0.25, -0.2) is 0 Å². The number of methoxy groups -OCH3 is 1. The van der Waals surface area contributed by atoms with Gasteiger partial charge in [0.25, 0.3) is 0 Å². The van der Waals surface area contributed by atoms with Gasteiger partial charge in [-0.1, -0.05) is 0 Å². The number of ether oxygens (including phenoxy) is 2. The second-order valence-electron chi connectivity index (χ2n) is 7.35. The number of nitrogens with one attached hydrogen (secondary N) is 2. The van der Waals surface area contributed by atoms with Crippen LogP contribution >= 0.6 is 8.09 Å². The van der Waals surface area contributed by atoms with E-state index in [2.05, 4.69) is 20.0 Å². The van der Waals surface area contributed by atoms with Crippen LogP contribution in [0.2, 0.25) is 0 Å². The van der Waals surface area contributed by atoms with E-state index in [9.17, 15) is 14.5 Å². The molecule has 0 unspecified atom stereocenters. The molecule has 0 aliphatic carbocycles. The van der Waals surface area contributed by atoms with Gasteiger partial charge in [-0.15, -0.1) is 0 Å². The van der Waals surface area contributed by atoms with Crippen LogP contribution in [0.3, 0.4) is 0 Å². The van der Waals surface area contributed by atoms with E-state index in [0.717, 1.165) is 19.6 Å². The summed E-state index contributed by atoms with van der Waals surface area (Å²) in [6.07, 6.45) is -0.804. The van der Waals surface area contributed by atoms with Gasteiger partial charge < -0.3 is 0 Å². The fourth-order valence-electron chi connectivity index (χ4n) is 2.89. The summed E-state index contributed by atoms with van der Waals surface area (Å²) in [6, 6.07) is 0. The maximum atomic E-state index is 12.5. The molecule has 0 radical (unpaired) electrons. The van der Waals surface area contributed by atoms with E-state index in [1.165, 1.54) is 7.11 Å². The summed E-state index contributed by atoms with van der Waals surface area (Å²) in [5.74, 6) is -0.786. The van der Waals surface area contributed by atoms with Gasteiger partial charge in [-0.2, -0.15) is 0 Å². The molecular weight excluding hydrogens is 377 g/mol. The van der Waals surface area contributed by atoms with E-state index in [-0.39, 0.29) is 25.5 Å². The summed E-state index contributed by atoms with van der Waals surface area (Å²) < 4.78 is 21.1. The zero-order chi connectivity index (χ0) is 19.9. The van der Waals surface area contributed by atoms with Gasteiger partial charge >= 0.3 is 160 Å². The number of morpholine rings is 1. The molecule has 2 fully saturated rings. The predicted molar refractivity (Wildman–Crippen MR) is 100 cm³/mol. The molecule has 1 amide bonds. The Morgan fingerprint density at radius 2 is 2.00 bits per heavy atom. The number of hydrogen-bond donors (Lipinski definition) is 3. The van der Waals surface area contributed by atoms with Crippen LogP contribution in [-0.4, -0.2) is 87.4 Å². The molecule has 11 heteroatoms. The minimum absolute atomic E-state index is 0.0748. The van der Waals surface area contributed by atoms with Crippen molar-refractivity contribution in [1.29, 1.82) is 0 Å². The number of rotatable bonds is 8. The first-order chi connectivity index (χ1) is 12.8. The average molecular weight is 409 g/mol. The van der Waals surface area contributed by atoms with Crippen molar-refractivity contribution in [3.63, 3.8) is 0 Å². The molecule has 2 saturated heterocycles. The van der Waals surface area contributed by atoms with Crippen LogP contribution < -0.4 is 10.4 Å². The Hall–Kier alpha value is -0.870. The number of amides is 1. The van der Waals surface area contributed by atoms with Crippen molar-refractivity contribution in [1.82, 2.24) is 15.3 Å². The van der Waals surface area contributed by atoms with Crippen LogP contribution in [-0.2, 0) is 28.1 Å². The maximum absolute atomic E-state index is 12.5. The number of carbonyl (C=O) groups is 2. The fourth-order valence-corrected chi connectivity index (χ4v) is 4.89. The minimum atomic E-state index is -3.66. The normalized spacial score (nSPS) is 26.1. The van der Waals surface area contributed by atoms with Gasteiger partial charge in [0.05, 0.1) is 0 Å². The molecular formula is C16H32N3O7P. The third-order valence-electron chi connectivity index (χ3n) is 4.60. The van der Waals surface area contributed by atoms with Crippen LogP contribution in [0.5, 0.6) is 0 Å². The van der Waals surface area contributed by atoms with Crippen molar-refractivity contribution >= 4 is 20.0 Å². The quantitative estimate of drug-likeness (QED) is 0.358. The number of nitrogens with zero attached hydrogens (tertiary/aromatic N) is 1. The molecule has 0 spiro atoms. The summed E-state index contributed by atoms with van der Waals surface area (Å²) in [5.41, 5.74) is -0.611. The molecule has 158 valence electrons. The second-order valence-corrected chi connectivity index (χ2v) is 9.40. The van der Waals surface area contributed by atoms with Crippen LogP contribution in [0.1, 0.15) is 20.3 Å². The zero-order valence-corrected chi connectivity index (χ0v) is 17.3. The molecule has 2 rings (SSSR count). The molecule has 0 saturated carbocycles. The van der Waals surface area contributed by atoms with E-state index in [4.69, 9.17) is 13.8 Å². The first kappa shape index (κ1) is 22.4. The molecule has 10 nitrogen and oxygen atoms in total. The Balaban J connectivity index is 1.84. The van der Waals surface area contributed by atoms with Gasteiger partial charge in [0.1, 0.15) is 0 Å². The summed E-state index contributed by atoms with van der Waals surface area (Å²) in [6.45, 7) is 8.32. The molecule has 27 heavy (non-hydrogen) atoms. The van der Waals surface area contributed by atoms with E-state index in [1.807, 2.05) is 13.8 Å². The average Bonchev–Trinajstić information content (AvgIpc) is 2.64. The molecule has 2 heterocycles. The Morgan fingerprint density at radius 3 is 2.67 bits per heavy atom. The molecule has 0 aromatic carbocycles. The van der Waals surface area contributed by atoms with Gasteiger partial charge in [0, 0.05) is 0 Å². The Bertz CT molecular complexity index is 516. The monoisotopic (exact) mass is 409 g/mol. The van der Waals surface area contributed by atoms with Crippen LogP contribution in [0.4, 0.5) is 0 Å². The van der Waals surface area contributed by atoms with Crippen LogP contribution in [0, 0.1) is 5.41 Å². The Morgan fingerprint density at radius 1 is 1.30 bits per heavy atom. The fraction of sp³-hybridized carbons (Fsp3) is 0.875. The van der Waals surface area contributed by atoms with E-state index in [0.29, 0.717) is 19.8 Å². The van der Waals surface area contributed by atoms with E-state index >= 15 is 0 Å². The zero-order valence-electron chi connectivity index (χ0n) is 16.3. The van der Waals surface area contributed by atoms with E-state index < -0.39 is 25.6 Å². The van der Waals surface area contributed by atoms with Crippen molar-refractivity contribution in [2.45, 2.75) is 26.4 Å². The van der Waals surface area contributed by atoms with Crippen molar-refractivity contribution in [3.05, 3.63) is 0 Å². The standard InChI is InChI=1S/C16H32N3O7P/c1-16(2)12-25-27(22,18-6-7-19-8-10-24-11-9-19)26-14(16)15(21)17-5-4-13(20)23-3/h14,18,22,27H,4-12H2,1-3H3,(H,17,21)/t14-/m0/s1. The molecule has 1 atom stereocenters. The Kier molecular flexibility index (Phi) is 8.36. The Labute approximate surface area is 160 Å². The second kappa shape index (κ2) is 10.1. The topological polar surface area (TPSA) is 119 Å². The predicted octanol–water partition coefficient (Wildman–Crippen LogP) is -0.569. The molecule has 2 aliphatic rings. The van der Waals surface area contributed by atoms with Crippen molar-refractivity contribution in [2.24, 2.45) is 5.41 Å². The van der Waals surface area contributed by atoms with Gasteiger partial charge in [0.2, 0.25) is 0 Å². The first-order valence-corrected chi connectivity index (χ1v) is 11.0. The number of hydrogen-bond acceptors (Lipinski definition) is 9. The van der Waals surface area contributed by atoms with Gasteiger partial charge in [-0.05, 0) is 0 Å². The van der Waals surface area contributed by atoms with E-state index in [1.54, 1.807) is 0 Å². The number of esters is 1. The van der Waals surface area contributed by atoms with Crippen LogP contribution in [0.15, 0.2) is 0 Å². The third kappa shape index (κ3) is 6.90. The van der Waals surface area contributed by atoms with Crippen molar-refractivity contribution in [3.8, 4) is 0 Å². The van der Waals surface area contributed by atoms with Crippen molar-refractivity contribution < 1.29 is 33.0 Å². The van der Waals surface area contributed by atoms with Crippen molar-refractivity contribution in [2.75, 3.05) is 59.7 Å². The molecule has 2 aliphatic heterocycles. The molecule has 0 aromatic rings. The number of carbonyl (C=O) groups excluding carboxylic acids is 2. The summed E-state index contributed by atoms with van der Waals surface area (Å²) in [4.78, 5) is 36.6. The summed E-state index contributed by atoms with van der Waals surface area (Å²) in [7, 11) is -2.37. The SMILES string of the molecule is COC(=O)CCNC(=O)[C@@H]1O[PH](O)(NCCN2CCOCC2)OCC1(C)C.